The predicted molar refractivity (Wildman–Crippen MR) is 111 cm³/mol. The number of halogens is 1. The molecule has 0 saturated carbocycles. The van der Waals surface area contributed by atoms with E-state index in [0.29, 0.717) is 17.0 Å². The number of Topliss-reactive ketones (excluding diaryl/α,β-unsaturated/α-hetero) is 1. The minimum atomic E-state index is -0.805. The van der Waals surface area contributed by atoms with Gasteiger partial charge in [0.05, 0.1) is 11.4 Å². The molecule has 0 saturated heterocycles. The number of ketones is 1. The van der Waals surface area contributed by atoms with Crippen molar-refractivity contribution in [1.29, 1.82) is 0 Å². The Morgan fingerprint density at radius 1 is 1.07 bits per heavy atom. The highest BCUT2D eigenvalue weighted by Crippen LogP contribution is 2.50. The Balaban J connectivity index is 1.89. The summed E-state index contributed by atoms with van der Waals surface area (Å²) < 4.78 is 0. The third-order valence-electron chi connectivity index (χ3n) is 5.77. The smallest absolute Gasteiger partial charge is 0.165 e. The highest BCUT2D eigenvalue weighted by atomic mass is 35.5. The summed E-state index contributed by atoms with van der Waals surface area (Å²) in [5.41, 5.74) is 6.24. The van der Waals surface area contributed by atoms with Crippen LogP contribution in [-0.2, 0) is 6.42 Å². The van der Waals surface area contributed by atoms with Gasteiger partial charge in [-0.15, -0.1) is 0 Å². The van der Waals surface area contributed by atoms with Crippen LogP contribution >= 0.6 is 11.6 Å². The Bertz CT molecular complexity index is 1150. The first-order chi connectivity index (χ1) is 13.4. The standard InChI is InChI=1S/C24H20ClNO2/c1-24(2)11-17-20(18(27)12-24)19(13-6-5-7-14(25)10-13)21-22(26-17)15-8-3-4-9-16(15)23(21)28/h3-10,23,28H,11-12H2,1-2H3/t23-/m1/s1. The van der Waals surface area contributed by atoms with Gasteiger partial charge in [0.2, 0.25) is 0 Å². The largest absolute Gasteiger partial charge is 0.384 e. The molecule has 140 valence electrons. The van der Waals surface area contributed by atoms with E-state index < -0.39 is 6.10 Å². The van der Waals surface area contributed by atoms with Crippen LogP contribution in [0.25, 0.3) is 22.4 Å². The van der Waals surface area contributed by atoms with Crippen LogP contribution in [0.3, 0.4) is 0 Å². The molecule has 2 aliphatic rings. The third-order valence-corrected chi connectivity index (χ3v) is 6.01. The van der Waals surface area contributed by atoms with Crippen molar-refractivity contribution in [3.05, 3.63) is 75.9 Å². The summed E-state index contributed by atoms with van der Waals surface area (Å²) in [6.45, 7) is 4.20. The molecular weight excluding hydrogens is 370 g/mol. The number of benzene rings is 2. The van der Waals surface area contributed by atoms with Crippen molar-refractivity contribution in [2.75, 3.05) is 0 Å². The molecular formula is C24H20ClNO2. The molecule has 1 aromatic heterocycles. The molecule has 0 radical (unpaired) electrons. The lowest BCUT2D eigenvalue weighted by Gasteiger charge is -2.32. The minimum absolute atomic E-state index is 0.0830. The summed E-state index contributed by atoms with van der Waals surface area (Å²) in [4.78, 5) is 18.1. The molecule has 0 amide bonds. The molecule has 0 bridgehead atoms. The molecule has 0 spiro atoms. The van der Waals surface area contributed by atoms with E-state index in [1.807, 2.05) is 48.5 Å². The number of aliphatic hydroxyl groups is 1. The predicted octanol–water partition coefficient (Wildman–Crippen LogP) is 5.62. The number of carbonyl (C=O) groups excluding carboxylic acids is 1. The highest BCUT2D eigenvalue weighted by molar-refractivity contribution is 6.31. The summed E-state index contributed by atoms with van der Waals surface area (Å²) in [5.74, 6) is 0.0830. The summed E-state index contributed by atoms with van der Waals surface area (Å²) in [7, 11) is 0. The maximum absolute atomic E-state index is 13.2. The van der Waals surface area contributed by atoms with Gasteiger partial charge in [-0.05, 0) is 35.1 Å². The maximum atomic E-state index is 13.2. The van der Waals surface area contributed by atoms with E-state index in [0.717, 1.165) is 45.6 Å². The van der Waals surface area contributed by atoms with Crippen LogP contribution in [0, 0.1) is 5.41 Å². The lowest BCUT2D eigenvalue weighted by atomic mass is 9.73. The van der Waals surface area contributed by atoms with Crippen LogP contribution in [0.1, 0.15) is 53.6 Å². The van der Waals surface area contributed by atoms with Gasteiger partial charge in [-0.3, -0.25) is 9.78 Å². The Morgan fingerprint density at radius 3 is 2.64 bits per heavy atom. The van der Waals surface area contributed by atoms with E-state index in [-0.39, 0.29) is 11.2 Å². The summed E-state index contributed by atoms with van der Waals surface area (Å²) in [6, 6.07) is 15.3. The number of aromatic nitrogens is 1. The van der Waals surface area contributed by atoms with Gasteiger partial charge in [0.15, 0.2) is 5.78 Å². The first-order valence-corrected chi connectivity index (χ1v) is 9.87. The molecule has 1 heterocycles. The van der Waals surface area contributed by atoms with Crippen molar-refractivity contribution in [3.8, 4) is 22.4 Å². The van der Waals surface area contributed by atoms with Gasteiger partial charge in [0, 0.05) is 33.7 Å². The van der Waals surface area contributed by atoms with Crippen LogP contribution in [-0.4, -0.2) is 15.9 Å². The van der Waals surface area contributed by atoms with E-state index in [4.69, 9.17) is 16.6 Å². The van der Waals surface area contributed by atoms with Gasteiger partial charge in [-0.25, -0.2) is 0 Å². The molecule has 28 heavy (non-hydrogen) atoms. The molecule has 0 unspecified atom stereocenters. The van der Waals surface area contributed by atoms with Gasteiger partial charge >= 0.3 is 0 Å². The van der Waals surface area contributed by atoms with Crippen molar-refractivity contribution in [2.24, 2.45) is 5.41 Å². The van der Waals surface area contributed by atoms with Crippen molar-refractivity contribution in [1.82, 2.24) is 4.98 Å². The second kappa shape index (κ2) is 6.00. The van der Waals surface area contributed by atoms with Gasteiger partial charge < -0.3 is 5.11 Å². The zero-order valence-electron chi connectivity index (χ0n) is 15.8. The number of hydrogen-bond acceptors (Lipinski definition) is 3. The fourth-order valence-corrected chi connectivity index (χ4v) is 4.83. The fourth-order valence-electron chi connectivity index (χ4n) is 4.64. The Kier molecular flexibility index (Phi) is 3.77. The van der Waals surface area contributed by atoms with Crippen LogP contribution in [0.4, 0.5) is 0 Å². The van der Waals surface area contributed by atoms with E-state index >= 15 is 0 Å². The third kappa shape index (κ3) is 2.54. The first kappa shape index (κ1) is 17.6. The number of carbonyl (C=O) groups is 1. The van der Waals surface area contributed by atoms with Gasteiger partial charge in [-0.2, -0.15) is 0 Å². The first-order valence-electron chi connectivity index (χ1n) is 9.49. The summed E-state index contributed by atoms with van der Waals surface area (Å²) in [6.07, 6.45) is 0.394. The van der Waals surface area contributed by atoms with Gasteiger partial charge in [0.25, 0.3) is 0 Å². The molecule has 3 nitrogen and oxygen atoms in total. The van der Waals surface area contributed by atoms with Crippen LogP contribution in [0.5, 0.6) is 0 Å². The SMILES string of the molecule is CC1(C)CC(=O)c2c(nc3c(c2-c2cccc(Cl)c2)[C@H](O)c2ccccc2-3)C1. The highest BCUT2D eigenvalue weighted by Gasteiger charge is 2.40. The Morgan fingerprint density at radius 2 is 1.86 bits per heavy atom. The number of rotatable bonds is 1. The second-order valence-electron chi connectivity index (χ2n) is 8.51. The molecule has 5 rings (SSSR count). The molecule has 3 aromatic rings. The molecule has 1 N–H and O–H groups in total. The van der Waals surface area contributed by atoms with E-state index in [9.17, 15) is 9.90 Å². The molecule has 1 atom stereocenters. The van der Waals surface area contributed by atoms with E-state index in [1.54, 1.807) is 0 Å². The molecule has 0 fully saturated rings. The van der Waals surface area contributed by atoms with Crippen molar-refractivity contribution >= 4 is 17.4 Å². The number of aliphatic hydroxyl groups excluding tert-OH is 1. The monoisotopic (exact) mass is 389 g/mol. The molecule has 4 heteroatoms. The number of nitrogens with zero attached hydrogens (tertiary/aromatic N) is 1. The van der Waals surface area contributed by atoms with Crippen LogP contribution in [0.2, 0.25) is 5.02 Å². The van der Waals surface area contributed by atoms with Gasteiger partial charge in [-0.1, -0.05) is 61.8 Å². The number of fused-ring (bicyclic) bond motifs is 4. The molecule has 0 aliphatic heterocycles. The zero-order valence-corrected chi connectivity index (χ0v) is 16.5. The fraction of sp³-hybridized carbons (Fsp3) is 0.250. The van der Waals surface area contributed by atoms with E-state index in [1.165, 1.54) is 0 Å². The lowest BCUT2D eigenvalue weighted by Crippen LogP contribution is -2.29. The topological polar surface area (TPSA) is 50.2 Å². The molecule has 2 aromatic carbocycles. The maximum Gasteiger partial charge on any atom is 0.165 e. The zero-order chi connectivity index (χ0) is 19.6. The summed E-state index contributed by atoms with van der Waals surface area (Å²) in [5, 5.41) is 11.8. The normalized spacial score (nSPS) is 19.1. The minimum Gasteiger partial charge on any atom is -0.384 e. The average molecular weight is 390 g/mol. The van der Waals surface area contributed by atoms with Crippen molar-refractivity contribution < 1.29 is 9.90 Å². The molecule has 2 aliphatic carbocycles. The Labute approximate surface area is 169 Å². The van der Waals surface area contributed by atoms with E-state index in [2.05, 4.69) is 13.8 Å². The number of pyridine rings is 1. The lowest BCUT2D eigenvalue weighted by molar-refractivity contribution is 0.0911. The van der Waals surface area contributed by atoms with Crippen molar-refractivity contribution in [2.45, 2.75) is 32.8 Å². The van der Waals surface area contributed by atoms with Crippen molar-refractivity contribution in [3.63, 3.8) is 0 Å². The average Bonchev–Trinajstić information content (AvgIpc) is 2.92. The second-order valence-corrected chi connectivity index (χ2v) is 8.95. The Hall–Kier alpha value is -2.49. The summed E-state index contributed by atoms with van der Waals surface area (Å²) >= 11 is 6.27. The van der Waals surface area contributed by atoms with Crippen LogP contribution in [0.15, 0.2) is 48.5 Å². The van der Waals surface area contributed by atoms with Crippen LogP contribution < -0.4 is 0 Å². The number of hydrogen-bond donors (Lipinski definition) is 1. The quantitative estimate of drug-likeness (QED) is 0.587. The van der Waals surface area contributed by atoms with Gasteiger partial charge in [0.1, 0.15) is 6.10 Å².